The van der Waals surface area contributed by atoms with Crippen LogP contribution in [0.15, 0.2) is 24.3 Å². The van der Waals surface area contributed by atoms with Crippen molar-refractivity contribution >= 4 is 29.2 Å². The van der Waals surface area contributed by atoms with Crippen molar-refractivity contribution < 1.29 is 9.59 Å². The van der Waals surface area contributed by atoms with Gasteiger partial charge in [-0.2, -0.15) is 9.50 Å². The Morgan fingerprint density at radius 2 is 1.93 bits per heavy atom. The molecule has 0 fully saturated rings. The highest BCUT2D eigenvalue weighted by Crippen LogP contribution is 2.17. The number of aryl methyl sites for hydroxylation is 3. The van der Waals surface area contributed by atoms with Gasteiger partial charge in [-0.15, -0.1) is 5.10 Å². The molecule has 152 valence electrons. The summed E-state index contributed by atoms with van der Waals surface area (Å²) in [6.07, 6.45) is 0.918. The predicted octanol–water partition coefficient (Wildman–Crippen LogP) is 1.53. The van der Waals surface area contributed by atoms with Gasteiger partial charge in [0.25, 0.3) is 5.78 Å². The molecule has 0 aliphatic rings. The molecule has 2 aromatic heterocycles. The van der Waals surface area contributed by atoms with Gasteiger partial charge in [0.15, 0.2) is 0 Å². The summed E-state index contributed by atoms with van der Waals surface area (Å²) in [4.78, 5) is 34.9. The average molecular weight is 395 g/mol. The van der Waals surface area contributed by atoms with E-state index in [1.807, 2.05) is 45.0 Å². The number of anilines is 2. The maximum Gasteiger partial charge on any atom is 0.254 e. The average Bonchev–Trinajstić information content (AvgIpc) is 3.05. The molecule has 0 aliphatic carbocycles. The molecule has 0 spiro atoms. The molecule has 2 heterocycles. The van der Waals surface area contributed by atoms with Crippen LogP contribution in [0.25, 0.3) is 5.78 Å². The highest BCUT2D eigenvalue weighted by molar-refractivity contribution is 5.95. The van der Waals surface area contributed by atoms with Crippen LogP contribution in [0.2, 0.25) is 0 Å². The Kier molecular flexibility index (Phi) is 5.76. The number of aromatic nitrogens is 4. The Hall–Kier alpha value is -3.49. The molecule has 0 bridgehead atoms. The first kappa shape index (κ1) is 20.2. The van der Waals surface area contributed by atoms with Crippen LogP contribution >= 0.6 is 0 Å². The summed E-state index contributed by atoms with van der Waals surface area (Å²) in [5, 5.41) is 6.99. The van der Waals surface area contributed by atoms with Crippen molar-refractivity contribution in [2.75, 3.05) is 24.6 Å². The number of amides is 2. The Labute approximate surface area is 168 Å². The molecule has 0 saturated carbocycles. The third-order valence-corrected chi connectivity index (χ3v) is 4.87. The highest BCUT2D eigenvalue weighted by Gasteiger charge is 2.19. The summed E-state index contributed by atoms with van der Waals surface area (Å²) in [6.45, 7) is 5.64. The van der Waals surface area contributed by atoms with E-state index in [2.05, 4.69) is 20.4 Å². The van der Waals surface area contributed by atoms with E-state index in [9.17, 15) is 9.59 Å². The Morgan fingerprint density at radius 3 is 2.66 bits per heavy atom. The number of nitrogens with two attached hydrogens (primary N) is 1. The molecule has 0 unspecified atom stereocenters. The number of fused-ring (bicyclic) bond motifs is 1. The molecule has 0 atom stereocenters. The van der Waals surface area contributed by atoms with Gasteiger partial charge in [0.1, 0.15) is 0 Å². The van der Waals surface area contributed by atoms with Gasteiger partial charge in [-0.25, -0.2) is 4.98 Å². The van der Waals surface area contributed by atoms with Crippen molar-refractivity contribution in [1.29, 1.82) is 0 Å². The fourth-order valence-corrected chi connectivity index (χ4v) is 3.21. The maximum atomic E-state index is 12.7. The lowest BCUT2D eigenvalue weighted by atomic mass is 10.1. The van der Waals surface area contributed by atoms with Crippen LogP contribution in [0.1, 0.15) is 29.4 Å². The van der Waals surface area contributed by atoms with Crippen molar-refractivity contribution in [3.63, 3.8) is 0 Å². The lowest BCUT2D eigenvalue weighted by molar-refractivity contribution is -0.132. The predicted molar refractivity (Wildman–Crippen MR) is 110 cm³/mol. The van der Waals surface area contributed by atoms with Crippen LogP contribution in [0.4, 0.5) is 11.6 Å². The number of para-hydroxylation sites is 1. The number of likely N-dealkylation sites (N-methyl/N-ethyl adjacent to an activating group) is 1. The van der Waals surface area contributed by atoms with Crippen LogP contribution < -0.4 is 11.1 Å². The van der Waals surface area contributed by atoms with E-state index in [1.54, 1.807) is 7.05 Å². The molecule has 2 amide bonds. The van der Waals surface area contributed by atoms with Gasteiger partial charge in [0.05, 0.1) is 13.0 Å². The van der Waals surface area contributed by atoms with Gasteiger partial charge in [-0.1, -0.05) is 25.1 Å². The number of carbonyl (C=O) groups excluding carboxylic acids is 2. The second kappa shape index (κ2) is 8.26. The van der Waals surface area contributed by atoms with Gasteiger partial charge >= 0.3 is 0 Å². The fourth-order valence-electron chi connectivity index (χ4n) is 3.21. The van der Waals surface area contributed by atoms with E-state index in [0.29, 0.717) is 11.5 Å². The van der Waals surface area contributed by atoms with E-state index in [0.717, 1.165) is 28.9 Å². The lowest BCUT2D eigenvalue weighted by Crippen LogP contribution is -2.36. The molecule has 29 heavy (non-hydrogen) atoms. The Morgan fingerprint density at radius 1 is 1.21 bits per heavy atom. The molecule has 9 nitrogen and oxygen atoms in total. The zero-order valence-corrected chi connectivity index (χ0v) is 17.1. The minimum atomic E-state index is -0.243. The molecular weight excluding hydrogens is 370 g/mol. The van der Waals surface area contributed by atoms with E-state index >= 15 is 0 Å². The largest absolute Gasteiger partial charge is 0.366 e. The van der Waals surface area contributed by atoms with E-state index in [1.165, 1.54) is 9.42 Å². The SMILES string of the molecule is CCc1ccccc1NC(=O)CN(C)C(=O)Cc1c(C)nc2nc(N)nn2c1C. The van der Waals surface area contributed by atoms with Gasteiger partial charge in [-0.3, -0.25) is 9.59 Å². The molecule has 1 aromatic carbocycles. The van der Waals surface area contributed by atoms with E-state index < -0.39 is 0 Å². The van der Waals surface area contributed by atoms with Crippen molar-refractivity contribution in [2.45, 2.75) is 33.6 Å². The Balaban J connectivity index is 1.69. The minimum Gasteiger partial charge on any atom is -0.366 e. The molecule has 3 rings (SSSR count). The monoisotopic (exact) mass is 395 g/mol. The number of rotatable bonds is 6. The first-order valence-electron chi connectivity index (χ1n) is 9.40. The molecule has 3 aromatic rings. The van der Waals surface area contributed by atoms with Crippen molar-refractivity contribution in [3.8, 4) is 0 Å². The summed E-state index contributed by atoms with van der Waals surface area (Å²) in [6, 6.07) is 7.63. The number of hydrogen-bond donors (Lipinski definition) is 2. The number of nitrogen functional groups attached to an aromatic ring is 1. The third kappa shape index (κ3) is 4.34. The topological polar surface area (TPSA) is 119 Å². The zero-order chi connectivity index (χ0) is 21.1. The third-order valence-electron chi connectivity index (χ3n) is 4.87. The summed E-state index contributed by atoms with van der Waals surface area (Å²) in [5.74, 6) is 0.0952. The highest BCUT2D eigenvalue weighted by atomic mass is 16.2. The van der Waals surface area contributed by atoms with Crippen molar-refractivity contribution in [2.24, 2.45) is 0 Å². The van der Waals surface area contributed by atoms with Crippen LogP contribution in [0.3, 0.4) is 0 Å². The van der Waals surface area contributed by atoms with Gasteiger partial charge in [0, 0.05) is 29.7 Å². The van der Waals surface area contributed by atoms with E-state index in [-0.39, 0.29) is 30.7 Å². The minimum absolute atomic E-state index is 0.0408. The van der Waals surface area contributed by atoms with Crippen LogP contribution in [-0.4, -0.2) is 49.9 Å². The van der Waals surface area contributed by atoms with Gasteiger partial charge in [-0.05, 0) is 31.9 Å². The first-order chi connectivity index (χ1) is 13.8. The second-order valence-corrected chi connectivity index (χ2v) is 6.93. The van der Waals surface area contributed by atoms with Crippen LogP contribution in [-0.2, 0) is 22.4 Å². The number of nitrogens with one attached hydrogen (secondary N) is 1. The summed E-state index contributed by atoms with van der Waals surface area (Å²) in [5.41, 5.74) is 9.64. The van der Waals surface area contributed by atoms with Crippen molar-refractivity contribution in [1.82, 2.24) is 24.5 Å². The fraction of sp³-hybridized carbons (Fsp3) is 0.350. The maximum absolute atomic E-state index is 12.7. The summed E-state index contributed by atoms with van der Waals surface area (Å²) >= 11 is 0. The Bertz CT molecular complexity index is 1070. The second-order valence-electron chi connectivity index (χ2n) is 6.93. The quantitative estimate of drug-likeness (QED) is 0.653. The number of benzene rings is 1. The van der Waals surface area contributed by atoms with Crippen molar-refractivity contribution in [3.05, 3.63) is 46.8 Å². The molecule has 0 radical (unpaired) electrons. The molecule has 0 saturated heterocycles. The molecule has 0 aliphatic heterocycles. The summed E-state index contributed by atoms with van der Waals surface area (Å²) in [7, 11) is 1.61. The number of nitrogens with zero attached hydrogens (tertiary/aromatic N) is 5. The standard InChI is InChI=1S/C20H25N7O2/c1-5-14-8-6-7-9-16(14)23-17(28)11-26(4)18(29)10-15-12(2)22-20-24-19(21)25-27(20)13(15)3/h6-9H,5,10-11H2,1-4H3,(H2,21,25)(H,23,28). The molecule has 3 N–H and O–H groups in total. The zero-order valence-electron chi connectivity index (χ0n) is 17.1. The van der Waals surface area contributed by atoms with E-state index in [4.69, 9.17) is 5.73 Å². The molecule has 9 heteroatoms. The number of hydrogen-bond acceptors (Lipinski definition) is 6. The smallest absolute Gasteiger partial charge is 0.254 e. The van der Waals surface area contributed by atoms with Gasteiger partial charge in [0.2, 0.25) is 17.8 Å². The lowest BCUT2D eigenvalue weighted by Gasteiger charge is -2.19. The van der Waals surface area contributed by atoms with Crippen LogP contribution in [0.5, 0.6) is 0 Å². The summed E-state index contributed by atoms with van der Waals surface area (Å²) < 4.78 is 1.53. The number of carbonyl (C=O) groups is 2. The van der Waals surface area contributed by atoms with Crippen LogP contribution in [0, 0.1) is 13.8 Å². The first-order valence-corrected chi connectivity index (χ1v) is 9.40. The van der Waals surface area contributed by atoms with Gasteiger partial charge < -0.3 is 16.0 Å². The normalized spacial score (nSPS) is 10.9. The molecular formula is C20H25N7O2.